The molecule has 6 heteroatoms. The maximum absolute atomic E-state index is 5.23. The summed E-state index contributed by atoms with van der Waals surface area (Å²) in [6.07, 6.45) is 6.48. The molecule has 1 rings (SSSR count). The van der Waals surface area contributed by atoms with Gasteiger partial charge >= 0.3 is 0 Å². The Morgan fingerprint density at radius 2 is 2.20 bits per heavy atom. The van der Waals surface area contributed by atoms with Gasteiger partial charge in [-0.1, -0.05) is 6.92 Å². The zero-order valence-electron chi connectivity index (χ0n) is 9.03. The second-order valence-electron chi connectivity index (χ2n) is 3.20. The first-order valence-electron chi connectivity index (χ1n) is 4.81. The molecule has 0 spiro atoms. The highest BCUT2D eigenvalue weighted by molar-refractivity contribution is 7.99. The highest BCUT2D eigenvalue weighted by atomic mass is 32.2. The molecule has 4 N–H and O–H groups in total. The van der Waals surface area contributed by atoms with Gasteiger partial charge in [-0.15, -0.1) is 0 Å². The minimum absolute atomic E-state index is 0.568. The van der Waals surface area contributed by atoms with Crippen molar-refractivity contribution in [3.8, 4) is 0 Å². The number of hydrogen-bond acceptors (Lipinski definition) is 6. The molecule has 0 aliphatic rings. The van der Waals surface area contributed by atoms with Gasteiger partial charge in [0.1, 0.15) is 5.82 Å². The summed E-state index contributed by atoms with van der Waals surface area (Å²) in [5.74, 6) is 6.55. The Morgan fingerprint density at radius 3 is 2.87 bits per heavy atom. The molecular weight excluding hydrogens is 210 g/mol. The van der Waals surface area contributed by atoms with Crippen LogP contribution in [-0.4, -0.2) is 28.0 Å². The number of nitrogen functional groups attached to an aromatic ring is 1. The van der Waals surface area contributed by atoms with Crippen molar-refractivity contribution in [1.29, 1.82) is 0 Å². The molecular formula is C9H17N5S. The maximum Gasteiger partial charge on any atom is 0.160 e. The van der Waals surface area contributed by atoms with Gasteiger partial charge in [-0.3, -0.25) is 4.98 Å². The van der Waals surface area contributed by atoms with E-state index in [9.17, 15) is 0 Å². The van der Waals surface area contributed by atoms with Crippen molar-refractivity contribution in [3.63, 3.8) is 0 Å². The van der Waals surface area contributed by atoms with Crippen LogP contribution in [0.4, 0.5) is 11.6 Å². The van der Waals surface area contributed by atoms with E-state index >= 15 is 0 Å². The first-order chi connectivity index (χ1) is 7.26. The molecule has 0 bridgehead atoms. The van der Waals surface area contributed by atoms with E-state index in [-0.39, 0.29) is 0 Å². The number of hydrazine groups is 1. The van der Waals surface area contributed by atoms with E-state index in [1.807, 2.05) is 11.8 Å². The minimum Gasteiger partial charge on any atom is -0.369 e. The first-order valence-corrected chi connectivity index (χ1v) is 6.10. The molecule has 1 atom stereocenters. The van der Waals surface area contributed by atoms with Gasteiger partial charge in [0.15, 0.2) is 5.82 Å². The van der Waals surface area contributed by atoms with Gasteiger partial charge < -0.3 is 10.7 Å². The monoisotopic (exact) mass is 227 g/mol. The normalized spacial score (nSPS) is 12.2. The van der Waals surface area contributed by atoms with Gasteiger partial charge in [0, 0.05) is 11.8 Å². The summed E-state index contributed by atoms with van der Waals surface area (Å²) in [5.41, 5.74) is 2.46. The van der Waals surface area contributed by atoms with Crippen LogP contribution in [-0.2, 0) is 0 Å². The van der Waals surface area contributed by atoms with Gasteiger partial charge in [0.25, 0.3) is 0 Å². The van der Waals surface area contributed by atoms with Crippen LogP contribution in [0.15, 0.2) is 12.4 Å². The summed E-state index contributed by atoms with van der Waals surface area (Å²) in [4.78, 5) is 8.20. The van der Waals surface area contributed by atoms with E-state index in [0.29, 0.717) is 11.1 Å². The van der Waals surface area contributed by atoms with E-state index < -0.39 is 0 Å². The van der Waals surface area contributed by atoms with Crippen molar-refractivity contribution in [1.82, 2.24) is 9.97 Å². The molecule has 15 heavy (non-hydrogen) atoms. The second kappa shape index (κ2) is 6.47. The third kappa shape index (κ3) is 4.35. The Labute approximate surface area is 94.2 Å². The molecule has 1 aromatic rings. The molecule has 0 fully saturated rings. The molecule has 0 amide bonds. The van der Waals surface area contributed by atoms with Gasteiger partial charge in [-0.05, 0) is 12.7 Å². The topological polar surface area (TPSA) is 75.9 Å². The number of nitrogens with one attached hydrogen (secondary N) is 2. The van der Waals surface area contributed by atoms with Crippen molar-refractivity contribution in [3.05, 3.63) is 12.4 Å². The number of nitrogens with zero attached hydrogens (tertiary/aromatic N) is 2. The van der Waals surface area contributed by atoms with Crippen LogP contribution in [0.1, 0.15) is 13.3 Å². The van der Waals surface area contributed by atoms with Gasteiger partial charge in [0.05, 0.1) is 12.4 Å². The van der Waals surface area contributed by atoms with Crippen molar-refractivity contribution < 1.29 is 0 Å². The lowest BCUT2D eigenvalue weighted by Crippen LogP contribution is -2.12. The summed E-state index contributed by atoms with van der Waals surface area (Å²) in [7, 11) is 0. The maximum atomic E-state index is 5.23. The summed E-state index contributed by atoms with van der Waals surface area (Å²) in [5, 5.41) is 3.86. The fraction of sp³-hybridized carbons (Fsp3) is 0.556. The number of thioether (sulfide) groups is 1. The highest BCUT2D eigenvalue weighted by Gasteiger charge is 2.00. The van der Waals surface area contributed by atoms with E-state index in [1.165, 1.54) is 0 Å². The molecule has 1 heterocycles. The fourth-order valence-corrected chi connectivity index (χ4v) is 1.40. The number of aromatic nitrogens is 2. The smallest absolute Gasteiger partial charge is 0.160 e. The molecule has 5 nitrogen and oxygen atoms in total. The SMILES string of the molecule is CSC(C)CCNc1cncc(NN)n1. The van der Waals surface area contributed by atoms with Crippen LogP contribution in [0.3, 0.4) is 0 Å². The van der Waals surface area contributed by atoms with Crippen LogP contribution in [0.5, 0.6) is 0 Å². The molecule has 84 valence electrons. The lowest BCUT2D eigenvalue weighted by Gasteiger charge is -2.09. The molecule has 0 saturated heterocycles. The Bertz CT molecular complexity index is 294. The lowest BCUT2D eigenvalue weighted by atomic mass is 10.3. The Kier molecular flexibility index (Phi) is 5.20. The Balaban J connectivity index is 2.37. The average molecular weight is 227 g/mol. The van der Waals surface area contributed by atoms with Crippen LogP contribution in [0.2, 0.25) is 0 Å². The molecule has 0 saturated carbocycles. The standard InChI is InChI=1S/C9H17N5S/c1-7(15-2)3-4-12-8-5-11-6-9(13-8)14-10/h5-7H,3-4,10H2,1-2H3,(H2,12,13,14). The van der Waals surface area contributed by atoms with E-state index in [0.717, 1.165) is 18.8 Å². The van der Waals surface area contributed by atoms with Crippen LogP contribution in [0, 0.1) is 0 Å². The van der Waals surface area contributed by atoms with E-state index in [4.69, 9.17) is 5.84 Å². The van der Waals surface area contributed by atoms with Crippen molar-refractivity contribution in [2.45, 2.75) is 18.6 Å². The number of hydrogen-bond donors (Lipinski definition) is 3. The van der Waals surface area contributed by atoms with Gasteiger partial charge in [-0.2, -0.15) is 11.8 Å². The van der Waals surface area contributed by atoms with Crippen molar-refractivity contribution in [2.75, 3.05) is 23.5 Å². The molecule has 1 aromatic heterocycles. The number of rotatable bonds is 6. The van der Waals surface area contributed by atoms with Crippen LogP contribution >= 0.6 is 11.8 Å². The number of nitrogens with two attached hydrogens (primary N) is 1. The molecule has 0 aliphatic carbocycles. The summed E-state index contributed by atoms with van der Waals surface area (Å²) < 4.78 is 0. The zero-order chi connectivity index (χ0) is 11.1. The van der Waals surface area contributed by atoms with Gasteiger partial charge in [-0.25, -0.2) is 10.8 Å². The fourth-order valence-electron chi connectivity index (χ4n) is 1.04. The quantitative estimate of drug-likeness (QED) is 0.502. The second-order valence-corrected chi connectivity index (χ2v) is 4.47. The summed E-state index contributed by atoms with van der Waals surface area (Å²) >= 11 is 1.86. The van der Waals surface area contributed by atoms with E-state index in [1.54, 1.807) is 12.4 Å². The van der Waals surface area contributed by atoms with Crippen molar-refractivity contribution in [2.24, 2.45) is 5.84 Å². The predicted octanol–water partition coefficient (Wildman–Crippen LogP) is 1.32. The van der Waals surface area contributed by atoms with Crippen LogP contribution in [0.25, 0.3) is 0 Å². The predicted molar refractivity (Wildman–Crippen MR) is 65.9 cm³/mol. The number of anilines is 2. The molecule has 0 radical (unpaired) electrons. The summed E-state index contributed by atoms with van der Waals surface area (Å²) in [6.45, 7) is 3.10. The van der Waals surface area contributed by atoms with Crippen LogP contribution < -0.4 is 16.6 Å². The van der Waals surface area contributed by atoms with Crippen molar-refractivity contribution >= 4 is 23.4 Å². The highest BCUT2D eigenvalue weighted by Crippen LogP contribution is 2.10. The Hall–Kier alpha value is -1.01. The van der Waals surface area contributed by atoms with Gasteiger partial charge in [0.2, 0.25) is 0 Å². The first kappa shape index (κ1) is 12.1. The largest absolute Gasteiger partial charge is 0.369 e. The molecule has 1 unspecified atom stereocenters. The van der Waals surface area contributed by atoms with E-state index in [2.05, 4.69) is 33.9 Å². The Morgan fingerprint density at radius 1 is 1.47 bits per heavy atom. The lowest BCUT2D eigenvalue weighted by molar-refractivity contribution is 0.849. The third-order valence-corrected chi connectivity index (χ3v) is 3.08. The molecule has 0 aromatic carbocycles. The third-order valence-electron chi connectivity index (χ3n) is 2.04. The average Bonchev–Trinajstić information content (AvgIpc) is 2.29. The minimum atomic E-state index is 0.568. The molecule has 0 aliphatic heterocycles. The summed E-state index contributed by atoms with van der Waals surface area (Å²) in [6, 6.07) is 0. The zero-order valence-corrected chi connectivity index (χ0v) is 9.84.